The molecule has 0 aliphatic carbocycles. The van der Waals surface area contributed by atoms with Crippen molar-refractivity contribution >= 4 is 28.6 Å². The molecule has 0 unspecified atom stereocenters. The summed E-state index contributed by atoms with van der Waals surface area (Å²) in [6, 6.07) is 16.5. The largest absolute Gasteiger partial charge is 0.508 e. The molecule has 8 nitrogen and oxygen atoms in total. The van der Waals surface area contributed by atoms with Crippen molar-refractivity contribution in [3.05, 3.63) is 71.3 Å². The van der Waals surface area contributed by atoms with Gasteiger partial charge in [-0.25, -0.2) is 4.98 Å². The van der Waals surface area contributed by atoms with Crippen LogP contribution in [0.25, 0.3) is 22.2 Å². The quantitative estimate of drug-likeness (QED) is 0.385. The first-order valence-electron chi connectivity index (χ1n) is 11.1. The molecule has 0 atom stereocenters. The zero-order chi connectivity index (χ0) is 24.2. The van der Waals surface area contributed by atoms with E-state index in [1.807, 2.05) is 63.2 Å². The van der Waals surface area contributed by atoms with Gasteiger partial charge in [0.05, 0.1) is 5.52 Å². The van der Waals surface area contributed by atoms with Crippen LogP contribution in [-0.4, -0.2) is 58.3 Å². The van der Waals surface area contributed by atoms with Crippen molar-refractivity contribution in [2.24, 2.45) is 0 Å². The first kappa shape index (κ1) is 23.1. The molecule has 0 aliphatic rings. The highest BCUT2D eigenvalue weighted by atomic mass is 16.3. The van der Waals surface area contributed by atoms with E-state index in [-0.39, 0.29) is 11.7 Å². The predicted octanol–water partition coefficient (Wildman–Crippen LogP) is 4.05. The summed E-state index contributed by atoms with van der Waals surface area (Å²) in [5.74, 6) is 0.437. The molecule has 0 bridgehead atoms. The van der Waals surface area contributed by atoms with Gasteiger partial charge < -0.3 is 20.6 Å². The second kappa shape index (κ2) is 9.84. The Morgan fingerprint density at radius 2 is 1.82 bits per heavy atom. The van der Waals surface area contributed by atoms with Crippen molar-refractivity contribution in [2.75, 3.05) is 32.5 Å². The Morgan fingerprint density at radius 1 is 1.00 bits per heavy atom. The fourth-order valence-corrected chi connectivity index (χ4v) is 3.70. The minimum atomic E-state index is -0.131. The lowest BCUT2D eigenvalue weighted by molar-refractivity contribution is 0.0951. The van der Waals surface area contributed by atoms with Crippen LogP contribution in [0.15, 0.2) is 54.6 Å². The van der Waals surface area contributed by atoms with Gasteiger partial charge in [0.15, 0.2) is 0 Å². The van der Waals surface area contributed by atoms with Crippen LogP contribution < -0.4 is 10.6 Å². The number of nitrogens with zero attached hydrogens (tertiary/aromatic N) is 4. The van der Waals surface area contributed by atoms with Gasteiger partial charge in [0.2, 0.25) is 5.95 Å². The third-order valence-electron chi connectivity index (χ3n) is 5.51. The number of phenolic OH excluding ortho intramolecular Hbond substituents is 1. The number of aromatic hydroxyl groups is 1. The van der Waals surface area contributed by atoms with E-state index >= 15 is 0 Å². The van der Waals surface area contributed by atoms with E-state index in [4.69, 9.17) is 0 Å². The van der Waals surface area contributed by atoms with Crippen LogP contribution in [0.1, 0.15) is 21.5 Å². The number of anilines is 2. The Balaban J connectivity index is 1.56. The van der Waals surface area contributed by atoms with Crippen molar-refractivity contribution < 1.29 is 9.90 Å². The maximum atomic E-state index is 12.4. The molecule has 0 radical (unpaired) electrons. The number of fused-ring (bicyclic) bond motifs is 1. The Bertz CT molecular complexity index is 1350. The lowest BCUT2D eigenvalue weighted by Crippen LogP contribution is -2.31. The number of hydrogen-bond donors (Lipinski definition) is 3. The SMILES string of the molecule is Cc1ccc(O)cc1-c1cc(C)c2nc(Nc3cccc(C(=O)NCCN(C)C)c3)nnc2c1. The van der Waals surface area contributed by atoms with Crippen molar-refractivity contribution in [1.29, 1.82) is 0 Å². The number of aryl methyl sites for hydroxylation is 2. The smallest absolute Gasteiger partial charge is 0.251 e. The Morgan fingerprint density at radius 3 is 2.62 bits per heavy atom. The first-order chi connectivity index (χ1) is 16.3. The average molecular weight is 457 g/mol. The molecule has 0 saturated carbocycles. The standard InChI is InChI=1S/C26H28N6O2/c1-16-8-9-21(33)15-22(16)19-12-17(2)24-23(14-19)30-31-26(29-24)28-20-7-5-6-18(13-20)25(34)27-10-11-32(3)4/h5-9,12-15,33H,10-11H2,1-4H3,(H,27,34)(H,28,29,31). The van der Waals surface area contributed by atoms with Gasteiger partial charge in [-0.1, -0.05) is 12.1 Å². The van der Waals surface area contributed by atoms with Gasteiger partial charge in [0.25, 0.3) is 5.91 Å². The van der Waals surface area contributed by atoms with Crippen LogP contribution in [0.4, 0.5) is 11.6 Å². The van der Waals surface area contributed by atoms with Crippen LogP contribution in [0.3, 0.4) is 0 Å². The van der Waals surface area contributed by atoms with Crippen LogP contribution in [-0.2, 0) is 0 Å². The number of hydrogen-bond acceptors (Lipinski definition) is 7. The van der Waals surface area contributed by atoms with Gasteiger partial charge in [-0.3, -0.25) is 4.79 Å². The molecule has 1 aromatic heterocycles. The van der Waals surface area contributed by atoms with E-state index in [0.29, 0.717) is 29.3 Å². The molecule has 4 aromatic rings. The van der Waals surface area contributed by atoms with Gasteiger partial charge in [0.1, 0.15) is 11.3 Å². The second-order valence-electron chi connectivity index (χ2n) is 8.56. The third-order valence-corrected chi connectivity index (χ3v) is 5.51. The summed E-state index contributed by atoms with van der Waals surface area (Å²) in [5, 5.41) is 24.6. The lowest BCUT2D eigenvalue weighted by Gasteiger charge is -2.12. The molecule has 4 rings (SSSR count). The number of carbonyl (C=O) groups is 1. The highest BCUT2D eigenvalue weighted by Gasteiger charge is 2.11. The summed E-state index contributed by atoms with van der Waals surface area (Å²) in [4.78, 5) is 19.1. The van der Waals surface area contributed by atoms with E-state index in [0.717, 1.165) is 34.3 Å². The Kier molecular flexibility index (Phi) is 6.70. The summed E-state index contributed by atoms with van der Waals surface area (Å²) in [5.41, 5.74) is 6.54. The lowest BCUT2D eigenvalue weighted by atomic mass is 9.98. The van der Waals surface area contributed by atoms with Crippen molar-refractivity contribution in [3.8, 4) is 16.9 Å². The fourth-order valence-electron chi connectivity index (χ4n) is 3.70. The zero-order valence-corrected chi connectivity index (χ0v) is 19.8. The molecule has 1 heterocycles. The van der Waals surface area contributed by atoms with Crippen LogP contribution in [0, 0.1) is 13.8 Å². The van der Waals surface area contributed by atoms with Crippen molar-refractivity contribution in [3.63, 3.8) is 0 Å². The molecule has 1 amide bonds. The molecule has 3 aromatic carbocycles. The minimum absolute atomic E-state index is 0.131. The predicted molar refractivity (Wildman–Crippen MR) is 135 cm³/mol. The van der Waals surface area contributed by atoms with Gasteiger partial charge >= 0.3 is 0 Å². The van der Waals surface area contributed by atoms with Gasteiger partial charge in [0, 0.05) is 24.3 Å². The van der Waals surface area contributed by atoms with E-state index in [1.165, 1.54) is 0 Å². The zero-order valence-electron chi connectivity index (χ0n) is 19.8. The molecule has 0 spiro atoms. The second-order valence-corrected chi connectivity index (χ2v) is 8.56. The maximum absolute atomic E-state index is 12.4. The molecule has 3 N–H and O–H groups in total. The molecule has 0 aliphatic heterocycles. The summed E-state index contributed by atoms with van der Waals surface area (Å²) in [6.45, 7) is 5.32. The highest BCUT2D eigenvalue weighted by molar-refractivity contribution is 5.95. The Labute approximate surface area is 198 Å². The summed E-state index contributed by atoms with van der Waals surface area (Å²) in [7, 11) is 3.93. The van der Waals surface area contributed by atoms with E-state index in [1.54, 1.807) is 24.3 Å². The van der Waals surface area contributed by atoms with Crippen LogP contribution in [0.2, 0.25) is 0 Å². The molecule has 8 heteroatoms. The van der Waals surface area contributed by atoms with Crippen LogP contribution >= 0.6 is 0 Å². The minimum Gasteiger partial charge on any atom is -0.508 e. The number of nitrogens with one attached hydrogen (secondary N) is 2. The summed E-state index contributed by atoms with van der Waals surface area (Å²) in [6.07, 6.45) is 0. The van der Waals surface area contributed by atoms with Crippen molar-refractivity contribution in [2.45, 2.75) is 13.8 Å². The fraction of sp³-hybridized carbons (Fsp3) is 0.231. The number of benzene rings is 3. The van der Waals surface area contributed by atoms with Crippen molar-refractivity contribution in [1.82, 2.24) is 25.4 Å². The maximum Gasteiger partial charge on any atom is 0.251 e. The monoisotopic (exact) mass is 456 g/mol. The highest BCUT2D eigenvalue weighted by Crippen LogP contribution is 2.30. The molecule has 174 valence electrons. The van der Waals surface area contributed by atoms with E-state index < -0.39 is 0 Å². The topological polar surface area (TPSA) is 103 Å². The third kappa shape index (κ3) is 5.29. The molecule has 0 saturated heterocycles. The first-order valence-corrected chi connectivity index (χ1v) is 11.1. The number of rotatable bonds is 7. The van der Waals surface area contributed by atoms with Gasteiger partial charge in [-0.2, -0.15) is 0 Å². The van der Waals surface area contributed by atoms with Gasteiger partial charge in [-0.05, 0) is 92.7 Å². The summed E-state index contributed by atoms with van der Waals surface area (Å²) >= 11 is 0. The molecule has 34 heavy (non-hydrogen) atoms. The van der Waals surface area contributed by atoms with Crippen LogP contribution in [0.5, 0.6) is 5.75 Å². The Hall–Kier alpha value is -4.04. The number of carbonyl (C=O) groups excluding carboxylic acids is 1. The van der Waals surface area contributed by atoms with Gasteiger partial charge in [-0.15, -0.1) is 10.2 Å². The van der Waals surface area contributed by atoms with E-state index in [9.17, 15) is 9.90 Å². The average Bonchev–Trinajstić information content (AvgIpc) is 2.81. The number of amides is 1. The summed E-state index contributed by atoms with van der Waals surface area (Å²) < 4.78 is 0. The number of likely N-dealkylation sites (N-methyl/N-ethyl adjacent to an activating group) is 1. The number of phenols is 1. The molecular weight excluding hydrogens is 428 g/mol. The molecular formula is C26H28N6O2. The normalized spacial score (nSPS) is 11.1. The van der Waals surface area contributed by atoms with E-state index in [2.05, 4.69) is 25.8 Å². The molecule has 0 fully saturated rings. The number of aromatic nitrogens is 3.